The number of ether oxygens (including phenoxy) is 1. The fourth-order valence-electron chi connectivity index (χ4n) is 0.994. The van der Waals surface area contributed by atoms with E-state index in [0.29, 0.717) is 12.8 Å². The van der Waals surface area contributed by atoms with Crippen molar-refractivity contribution in [2.45, 2.75) is 38.5 Å². The molecule has 14 heavy (non-hydrogen) atoms. The van der Waals surface area contributed by atoms with Crippen molar-refractivity contribution in [3.63, 3.8) is 0 Å². The van der Waals surface area contributed by atoms with E-state index in [1.54, 1.807) is 0 Å². The van der Waals surface area contributed by atoms with Gasteiger partial charge in [-0.25, -0.2) is 0 Å². The topological polar surface area (TPSA) is 66.4 Å². The first kappa shape index (κ1) is 16.1. The van der Waals surface area contributed by atoms with E-state index in [2.05, 4.69) is 4.74 Å². The molecule has 0 heterocycles. The van der Waals surface area contributed by atoms with Crippen LogP contribution in [0.1, 0.15) is 38.5 Å². The quantitative estimate of drug-likeness (QED) is 0.383. The van der Waals surface area contributed by atoms with Gasteiger partial charge in [0.05, 0.1) is 7.11 Å². The summed E-state index contributed by atoms with van der Waals surface area (Å²) in [6.45, 7) is 0. The van der Waals surface area contributed by atoms with E-state index in [1.165, 1.54) is 7.11 Å². The number of aliphatic carboxylic acids is 1. The molecule has 0 amide bonds. The molecule has 0 aromatic heterocycles. The smallest absolute Gasteiger partial charge is 0.550 e. The molecular weight excluding hydrogens is 280 g/mol. The van der Waals surface area contributed by atoms with Crippen LogP contribution in [0, 0.1) is 0 Å². The molecule has 4 nitrogen and oxygen atoms in total. The SMILES string of the molecule is COC(=O)CCCCCCC(=O)[O-].[Ag+]. The van der Waals surface area contributed by atoms with Crippen LogP contribution in [0.4, 0.5) is 0 Å². The first-order valence-corrected chi connectivity index (χ1v) is 4.43. The summed E-state index contributed by atoms with van der Waals surface area (Å²) in [5.74, 6) is -1.21. The summed E-state index contributed by atoms with van der Waals surface area (Å²) in [5, 5.41) is 10.0. The Kier molecular flexibility index (Phi) is 12.4. The van der Waals surface area contributed by atoms with E-state index in [-0.39, 0.29) is 34.8 Å². The number of esters is 1. The van der Waals surface area contributed by atoms with Gasteiger partial charge in [0.15, 0.2) is 0 Å². The minimum absolute atomic E-state index is 0. The minimum atomic E-state index is -1.01. The Labute approximate surface area is 99.5 Å². The molecule has 0 spiro atoms. The van der Waals surface area contributed by atoms with E-state index < -0.39 is 5.97 Å². The monoisotopic (exact) mass is 294 g/mol. The van der Waals surface area contributed by atoms with Crippen molar-refractivity contribution in [3.05, 3.63) is 0 Å². The van der Waals surface area contributed by atoms with Gasteiger partial charge in [-0.1, -0.05) is 12.8 Å². The third-order valence-corrected chi connectivity index (χ3v) is 1.74. The summed E-state index contributed by atoms with van der Waals surface area (Å²) in [6, 6.07) is 0. The van der Waals surface area contributed by atoms with E-state index in [1.807, 2.05) is 0 Å². The zero-order chi connectivity index (χ0) is 10.1. The van der Waals surface area contributed by atoms with Crippen LogP contribution in [0.5, 0.6) is 0 Å². The summed E-state index contributed by atoms with van der Waals surface area (Å²) in [5.41, 5.74) is 0. The number of hydrogen-bond acceptors (Lipinski definition) is 4. The van der Waals surface area contributed by atoms with Crippen LogP contribution in [-0.4, -0.2) is 19.0 Å². The number of unbranched alkanes of at least 4 members (excludes halogenated alkanes) is 3. The molecule has 0 N–H and O–H groups in total. The number of rotatable bonds is 7. The molecule has 0 rings (SSSR count). The maximum atomic E-state index is 10.6. The van der Waals surface area contributed by atoms with Crippen molar-refractivity contribution >= 4 is 11.9 Å². The molecule has 0 radical (unpaired) electrons. The van der Waals surface area contributed by atoms with Crippen LogP contribution in [0.2, 0.25) is 0 Å². The van der Waals surface area contributed by atoms with Gasteiger partial charge in [-0.2, -0.15) is 0 Å². The Hall–Kier alpha value is -0.320. The van der Waals surface area contributed by atoms with Crippen molar-refractivity contribution in [2.24, 2.45) is 0 Å². The van der Waals surface area contributed by atoms with Gasteiger partial charge in [0.25, 0.3) is 0 Å². The van der Waals surface area contributed by atoms with Crippen molar-refractivity contribution < 1.29 is 41.8 Å². The van der Waals surface area contributed by atoms with Crippen LogP contribution in [0.25, 0.3) is 0 Å². The van der Waals surface area contributed by atoms with Gasteiger partial charge < -0.3 is 14.6 Å². The molecule has 0 atom stereocenters. The molecule has 0 aromatic carbocycles. The Bertz CT molecular complexity index is 170. The number of hydrogen-bond donors (Lipinski definition) is 0. The van der Waals surface area contributed by atoms with Gasteiger partial charge in [0.1, 0.15) is 0 Å². The summed E-state index contributed by atoms with van der Waals surface area (Å²) in [7, 11) is 1.36. The maximum absolute atomic E-state index is 10.6. The summed E-state index contributed by atoms with van der Waals surface area (Å²) >= 11 is 0. The molecule has 0 saturated carbocycles. The Morgan fingerprint density at radius 2 is 1.57 bits per heavy atom. The fraction of sp³-hybridized carbons (Fsp3) is 0.778. The molecule has 86 valence electrons. The fourth-order valence-corrected chi connectivity index (χ4v) is 0.994. The molecule has 0 fully saturated rings. The molecule has 5 heteroatoms. The van der Waals surface area contributed by atoms with E-state index in [0.717, 1.165) is 19.3 Å². The second-order valence-corrected chi connectivity index (χ2v) is 2.86. The van der Waals surface area contributed by atoms with Crippen molar-refractivity contribution in [3.8, 4) is 0 Å². The average molecular weight is 295 g/mol. The van der Waals surface area contributed by atoms with Gasteiger partial charge >= 0.3 is 28.3 Å². The van der Waals surface area contributed by atoms with E-state index in [9.17, 15) is 14.7 Å². The second-order valence-electron chi connectivity index (χ2n) is 2.86. The van der Waals surface area contributed by atoms with Gasteiger partial charge in [-0.05, 0) is 19.3 Å². The number of carbonyl (C=O) groups excluding carboxylic acids is 2. The molecule has 0 aliphatic carbocycles. The van der Waals surface area contributed by atoms with Crippen LogP contribution in [-0.2, 0) is 36.7 Å². The minimum Gasteiger partial charge on any atom is -0.550 e. The average Bonchev–Trinajstić information content (AvgIpc) is 2.10. The van der Waals surface area contributed by atoms with E-state index in [4.69, 9.17) is 0 Å². The molecule has 0 saturated heterocycles. The zero-order valence-corrected chi connectivity index (χ0v) is 9.66. The largest absolute Gasteiger partial charge is 1.00 e. The molecule has 0 aliphatic rings. The molecule has 0 aromatic rings. The van der Waals surface area contributed by atoms with Crippen molar-refractivity contribution in [1.29, 1.82) is 0 Å². The first-order chi connectivity index (χ1) is 6.16. The Morgan fingerprint density at radius 3 is 2.00 bits per heavy atom. The summed E-state index contributed by atoms with van der Waals surface area (Å²) in [4.78, 5) is 20.6. The van der Waals surface area contributed by atoms with Crippen LogP contribution < -0.4 is 5.11 Å². The molecule has 0 unspecified atom stereocenters. The van der Waals surface area contributed by atoms with Crippen LogP contribution in [0.15, 0.2) is 0 Å². The van der Waals surface area contributed by atoms with Gasteiger partial charge in [0.2, 0.25) is 0 Å². The van der Waals surface area contributed by atoms with E-state index >= 15 is 0 Å². The van der Waals surface area contributed by atoms with Crippen LogP contribution in [0.3, 0.4) is 0 Å². The third kappa shape index (κ3) is 11.7. The number of carboxylic acid groups (broad SMARTS) is 1. The molecule has 0 aliphatic heterocycles. The third-order valence-electron chi connectivity index (χ3n) is 1.74. The van der Waals surface area contributed by atoms with Gasteiger partial charge in [-0.15, -0.1) is 0 Å². The molecule has 0 bridgehead atoms. The number of methoxy groups -OCH3 is 1. The normalized spacial score (nSPS) is 8.93. The number of carbonyl (C=O) groups is 2. The predicted octanol–water partition coefficient (Wildman–Crippen LogP) is 0.247. The second kappa shape index (κ2) is 10.8. The Balaban J connectivity index is 0. The summed E-state index contributed by atoms with van der Waals surface area (Å²) in [6.07, 6.45) is 3.61. The Morgan fingerprint density at radius 1 is 1.07 bits per heavy atom. The molecular formula is C9H15AgO4. The number of carboxylic acids is 1. The first-order valence-electron chi connectivity index (χ1n) is 4.43. The zero-order valence-electron chi connectivity index (χ0n) is 8.18. The van der Waals surface area contributed by atoms with Gasteiger partial charge in [-0.3, -0.25) is 4.79 Å². The summed E-state index contributed by atoms with van der Waals surface area (Å²) < 4.78 is 4.45. The van der Waals surface area contributed by atoms with Crippen LogP contribution >= 0.6 is 0 Å². The van der Waals surface area contributed by atoms with Gasteiger partial charge in [0, 0.05) is 12.4 Å². The standard InChI is InChI=1S/C9H16O4.Ag/c1-13-9(12)7-5-3-2-4-6-8(10)11;/h2-7H2,1H3,(H,10,11);/q;+1/p-1. The predicted molar refractivity (Wildman–Crippen MR) is 44.7 cm³/mol. The maximum Gasteiger partial charge on any atom is 1.00 e. The van der Waals surface area contributed by atoms with Crippen molar-refractivity contribution in [1.82, 2.24) is 0 Å². The van der Waals surface area contributed by atoms with Crippen molar-refractivity contribution in [2.75, 3.05) is 7.11 Å².